The Morgan fingerprint density at radius 3 is 2.50 bits per heavy atom. The largest absolute Gasteiger partial charge is 0.350 e. The number of benzene rings is 2. The molecule has 0 radical (unpaired) electrons. The van der Waals surface area contributed by atoms with E-state index in [-0.39, 0.29) is 17.8 Å². The molecule has 0 aliphatic heterocycles. The lowest BCUT2D eigenvalue weighted by Crippen LogP contribution is -2.27. The summed E-state index contributed by atoms with van der Waals surface area (Å²) in [5, 5.41) is 3.03. The molecule has 0 aliphatic carbocycles. The van der Waals surface area contributed by atoms with E-state index >= 15 is 0 Å². The van der Waals surface area contributed by atoms with Gasteiger partial charge in [0.15, 0.2) is 0 Å². The highest BCUT2D eigenvalue weighted by molar-refractivity contribution is 5.76. The Kier molecular flexibility index (Phi) is 5.31. The molecule has 1 N–H and O–H groups in total. The minimum Gasteiger partial charge on any atom is -0.350 e. The molecule has 0 spiro atoms. The van der Waals surface area contributed by atoms with Gasteiger partial charge >= 0.3 is 0 Å². The van der Waals surface area contributed by atoms with Crippen molar-refractivity contribution in [2.75, 3.05) is 0 Å². The number of hydrogen-bond acceptors (Lipinski definition) is 1. The molecule has 0 unspecified atom stereocenters. The minimum absolute atomic E-state index is 0.0118. The monoisotopic (exact) mass is 299 g/mol. The van der Waals surface area contributed by atoms with Crippen molar-refractivity contribution < 1.29 is 9.18 Å². The summed E-state index contributed by atoms with van der Waals surface area (Å²) in [6.45, 7) is 6.10. The zero-order valence-electron chi connectivity index (χ0n) is 13.3. The molecule has 2 rings (SSSR count). The number of nitrogens with one attached hydrogen (secondary N) is 1. The van der Waals surface area contributed by atoms with Gasteiger partial charge < -0.3 is 5.32 Å². The normalized spacial score (nSPS) is 12.0. The first-order valence-electron chi connectivity index (χ1n) is 7.56. The molecule has 0 heterocycles. The summed E-state index contributed by atoms with van der Waals surface area (Å²) >= 11 is 0. The van der Waals surface area contributed by atoms with Crippen molar-refractivity contribution in [1.82, 2.24) is 5.32 Å². The van der Waals surface area contributed by atoms with Gasteiger partial charge in [0.2, 0.25) is 5.91 Å². The Labute approximate surface area is 131 Å². The molecule has 2 aromatic carbocycles. The Hall–Kier alpha value is -2.16. The number of hydrogen-bond donors (Lipinski definition) is 1. The van der Waals surface area contributed by atoms with E-state index in [2.05, 4.69) is 30.4 Å². The predicted octanol–water partition coefficient (Wildman–Crippen LogP) is 4.25. The van der Waals surface area contributed by atoms with Gasteiger partial charge in [0.05, 0.1) is 6.04 Å². The van der Waals surface area contributed by atoms with E-state index in [0.717, 1.165) is 11.1 Å². The molecule has 22 heavy (non-hydrogen) atoms. The van der Waals surface area contributed by atoms with Gasteiger partial charge in [-0.05, 0) is 56.0 Å². The second-order valence-electron chi connectivity index (χ2n) is 5.78. The summed E-state index contributed by atoms with van der Waals surface area (Å²) in [4.78, 5) is 12.1. The van der Waals surface area contributed by atoms with E-state index in [1.54, 1.807) is 12.1 Å². The van der Waals surface area contributed by atoms with E-state index in [1.807, 2.05) is 13.8 Å². The van der Waals surface area contributed by atoms with Crippen LogP contribution in [0.5, 0.6) is 0 Å². The molecule has 1 amide bonds. The molecule has 0 aliphatic rings. The van der Waals surface area contributed by atoms with Crippen molar-refractivity contribution in [2.45, 2.75) is 39.7 Å². The van der Waals surface area contributed by atoms with Gasteiger partial charge in [-0.2, -0.15) is 0 Å². The van der Waals surface area contributed by atoms with Crippen molar-refractivity contribution in [2.24, 2.45) is 0 Å². The molecule has 116 valence electrons. The summed E-state index contributed by atoms with van der Waals surface area (Å²) in [7, 11) is 0. The standard InChI is InChI=1S/C19H22FNO/c1-13-4-5-14(2)18(12-13)15(3)21-19(22)11-8-16-6-9-17(20)10-7-16/h4-7,9-10,12,15H,8,11H2,1-3H3,(H,21,22)/t15-/m0/s1. The average Bonchev–Trinajstić information content (AvgIpc) is 2.49. The number of rotatable bonds is 5. The second-order valence-corrected chi connectivity index (χ2v) is 5.78. The van der Waals surface area contributed by atoms with Gasteiger partial charge in [0.25, 0.3) is 0 Å². The Balaban J connectivity index is 1.91. The highest BCUT2D eigenvalue weighted by Crippen LogP contribution is 2.19. The van der Waals surface area contributed by atoms with Crippen molar-refractivity contribution in [3.05, 3.63) is 70.5 Å². The van der Waals surface area contributed by atoms with Gasteiger partial charge in [-0.25, -0.2) is 4.39 Å². The number of carbonyl (C=O) groups is 1. The maximum absolute atomic E-state index is 12.8. The number of amides is 1. The van der Waals surface area contributed by atoms with Crippen LogP contribution in [0, 0.1) is 19.7 Å². The van der Waals surface area contributed by atoms with Gasteiger partial charge in [-0.15, -0.1) is 0 Å². The van der Waals surface area contributed by atoms with Gasteiger partial charge in [0, 0.05) is 6.42 Å². The van der Waals surface area contributed by atoms with Crippen molar-refractivity contribution >= 4 is 5.91 Å². The molecule has 0 saturated heterocycles. The van der Waals surface area contributed by atoms with Crippen LogP contribution in [0.25, 0.3) is 0 Å². The third-order valence-corrected chi connectivity index (χ3v) is 3.83. The van der Waals surface area contributed by atoms with E-state index in [1.165, 1.54) is 23.3 Å². The maximum Gasteiger partial charge on any atom is 0.220 e. The second kappa shape index (κ2) is 7.21. The van der Waals surface area contributed by atoms with Crippen LogP contribution in [0.15, 0.2) is 42.5 Å². The van der Waals surface area contributed by atoms with Crippen LogP contribution >= 0.6 is 0 Å². The fraction of sp³-hybridized carbons (Fsp3) is 0.316. The summed E-state index contributed by atoms with van der Waals surface area (Å²) in [6, 6.07) is 12.5. The van der Waals surface area contributed by atoms with Crippen LogP contribution in [0.3, 0.4) is 0 Å². The smallest absolute Gasteiger partial charge is 0.220 e. The highest BCUT2D eigenvalue weighted by atomic mass is 19.1. The summed E-state index contributed by atoms with van der Waals surface area (Å²) in [5.41, 5.74) is 4.48. The average molecular weight is 299 g/mol. The summed E-state index contributed by atoms with van der Waals surface area (Å²) in [5.74, 6) is -0.241. The molecule has 0 aromatic heterocycles. The summed E-state index contributed by atoms with van der Waals surface area (Å²) in [6.07, 6.45) is 1.02. The van der Waals surface area contributed by atoms with Crippen molar-refractivity contribution in [1.29, 1.82) is 0 Å². The number of carbonyl (C=O) groups excluding carboxylic acids is 1. The Morgan fingerprint density at radius 1 is 1.14 bits per heavy atom. The van der Waals surface area contributed by atoms with Crippen LogP contribution in [0.2, 0.25) is 0 Å². The zero-order valence-corrected chi connectivity index (χ0v) is 13.3. The highest BCUT2D eigenvalue weighted by Gasteiger charge is 2.12. The Bertz CT molecular complexity index is 649. The van der Waals surface area contributed by atoms with Crippen LogP contribution in [0.4, 0.5) is 4.39 Å². The number of halogens is 1. The molecule has 0 fully saturated rings. The third kappa shape index (κ3) is 4.42. The first kappa shape index (κ1) is 16.2. The molecule has 0 bridgehead atoms. The molecule has 2 aromatic rings. The molecular weight excluding hydrogens is 277 g/mol. The SMILES string of the molecule is Cc1ccc(C)c([C@H](C)NC(=O)CCc2ccc(F)cc2)c1. The topological polar surface area (TPSA) is 29.1 Å². The lowest BCUT2D eigenvalue weighted by atomic mass is 10.00. The van der Waals surface area contributed by atoms with Crippen LogP contribution in [0.1, 0.15) is 41.6 Å². The third-order valence-electron chi connectivity index (χ3n) is 3.83. The molecule has 3 heteroatoms. The molecule has 0 saturated carbocycles. The minimum atomic E-state index is -0.253. The van der Waals surface area contributed by atoms with E-state index in [9.17, 15) is 9.18 Å². The summed E-state index contributed by atoms with van der Waals surface area (Å²) < 4.78 is 12.8. The van der Waals surface area contributed by atoms with E-state index in [4.69, 9.17) is 0 Å². The quantitative estimate of drug-likeness (QED) is 0.878. The van der Waals surface area contributed by atoms with Crippen molar-refractivity contribution in [3.8, 4) is 0 Å². The fourth-order valence-electron chi connectivity index (χ4n) is 2.53. The van der Waals surface area contributed by atoms with Crippen molar-refractivity contribution in [3.63, 3.8) is 0 Å². The molecule has 1 atom stereocenters. The van der Waals surface area contributed by atoms with Crippen LogP contribution < -0.4 is 5.32 Å². The fourth-order valence-corrected chi connectivity index (χ4v) is 2.53. The zero-order chi connectivity index (χ0) is 16.1. The number of aryl methyl sites for hydroxylation is 3. The first-order chi connectivity index (χ1) is 10.5. The maximum atomic E-state index is 12.8. The van der Waals surface area contributed by atoms with Gasteiger partial charge in [-0.1, -0.05) is 35.9 Å². The van der Waals surface area contributed by atoms with Crippen LogP contribution in [-0.2, 0) is 11.2 Å². The van der Waals surface area contributed by atoms with Gasteiger partial charge in [-0.3, -0.25) is 4.79 Å². The molecular formula is C19H22FNO. The lowest BCUT2D eigenvalue weighted by Gasteiger charge is -2.17. The Morgan fingerprint density at radius 2 is 1.82 bits per heavy atom. The predicted molar refractivity (Wildman–Crippen MR) is 87.2 cm³/mol. The van der Waals surface area contributed by atoms with Crippen LogP contribution in [-0.4, -0.2) is 5.91 Å². The van der Waals surface area contributed by atoms with E-state index in [0.29, 0.717) is 12.8 Å². The van der Waals surface area contributed by atoms with Gasteiger partial charge in [0.1, 0.15) is 5.82 Å². The van der Waals surface area contributed by atoms with E-state index < -0.39 is 0 Å². The first-order valence-corrected chi connectivity index (χ1v) is 7.56. The lowest BCUT2D eigenvalue weighted by molar-refractivity contribution is -0.121. The molecule has 2 nitrogen and oxygen atoms in total.